The van der Waals surface area contributed by atoms with Crippen molar-refractivity contribution < 1.29 is 19.1 Å². The molecule has 2 rings (SSSR count). The van der Waals surface area contributed by atoms with Crippen molar-refractivity contribution in [3.8, 4) is 11.5 Å². The van der Waals surface area contributed by atoms with Gasteiger partial charge in [-0.25, -0.2) is 0 Å². The smallest absolute Gasteiger partial charge is 0.239 e. The highest BCUT2D eigenvalue weighted by Crippen LogP contribution is 2.28. The van der Waals surface area contributed by atoms with Gasteiger partial charge >= 0.3 is 0 Å². The molecule has 162 valence electrons. The number of piperazine rings is 1. The molecule has 1 aliphatic heterocycles. The number of methoxy groups -OCH3 is 2. The number of nitrogens with one attached hydrogen (secondary N) is 1. The Morgan fingerprint density at radius 3 is 2.28 bits per heavy atom. The number of benzene rings is 1. The standard InChI is InChI=1S/C21H34N4O4/c1-5-22-20(26)15-25(6-2)21(27)16-24-11-9-23(10-12-24)14-17-7-8-18(28-3)19(13-17)29-4/h7-8,13H,5-6,9-12,14-16H2,1-4H3,(H,22,26). The molecule has 0 saturated carbocycles. The molecule has 0 spiro atoms. The van der Waals surface area contributed by atoms with Crippen molar-refractivity contribution in [2.24, 2.45) is 0 Å². The zero-order chi connectivity index (χ0) is 21.2. The summed E-state index contributed by atoms with van der Waals surface area (Å²) in [4.78, 5) is 30.5. The third kappa shape index (κ3) is 6.90. The summed E-state index contributed by atoms with van der Waals surface area (Å²) < 4.78 is 10.7. The van der Waals surface area contributed by atoms with Gasteiger partial charge in [-0.15, -0.1) is 0 Å². The molecule has 0 aliphatic carbocycles. The topological polar surface area (TPSA) is 74.4 Å². The highest BCUT2D eigenvalue weighted by atomic mass is 16.5. The number of carbonyl (C=O) groups is 2. The highest BCUT2D eigenvalue weighted by Gasteiger charge is 2.22. The largest absolute Gasteiger partial charge is 0.493 e. The Balaban J connectivity index is 1.81. The number of rotatable bonds is 10. The SMILES string of the molecule is CCNC(=O)CN(CC)C(=O)CN1CCN(Cc2ccc(OC)c(OC)c2)CC1. The van der Waals surface area contributed by atoms with Gasteiger partial charge in [0.2, 0.25) is 11.8 Å². The Morgan fingerprint density at radius 2 is 1.69 bits per heavy atom. The predicted molar refractivity (Wildman–Crippen MR) is 112 cm³/mol. The van der Waals surface area contributed by atoms with Crippen LogP contribution in [0.4, 0.5) is 0 Å². The third-order valence-corrected chi connectivity index (χ3v) is 5.12. The maximum atomic E-state index is 12.6. The van der Waals surface area contributed by atoms with Crippen molar-refractivity contribution in [1.29, 1.82) is 0 Å². The van der Waals surface area contributed by atoms with Crippen molar-refractivity contribution >= 4 is 11.8 Å². The number of hydrogen-bond donors (Lipinski definition) is 1. The van der Waals surface area contributed by atoms with Gasteiger partial charge in [0.15, 0.2) is 11.5 Å². The second-order valence-electron chi connectivity index (χ2n) is 7.10. The van der Waals surface area contributed by atoms with Gasteiger partial charge in [0, 0.05) is 45.8 Å². The molecular weight excluding hydrogens is 372 g/mol. The first-order valence-corrected chi connectivity index (χ1v) is 10.2. The maximum Gasteiger partial charge on any atom is 0.239 e. The molecule has 1 N–H and O–H groups in total. The summed E-state index contributed by atoms with van der Waals surface area (Å²) in [5.41, 5.74) is 1.17. The highest BCUT2D eigenvalue weighted by molar-refractivity contribution is 5.85. The molecule has 8 nitrogen and oxygen atoms in total. The maximum absolute atomic E-state index is 12.6. The van der Waals surface area contributed by atoms with Crippen LogP contribution in [0.25, 0.3) is 0 Å². The van der Waals surface area contributed by atoms with Gasteiger partial charge in [0.1, 0.15) is 0 Å². The zero-order valence-electron chi connectivity index (χ0n) is 18.1. The van der Waals surface area contributed by atoms with E-state index in [1.807, 2.05) is 26.0 Å². The van der Waals surface area contributed by atoms with Crippen molar-refractivity contribution in [3.05, 3.63) is 23.8 Å². The molecule has 0 radical (unpaired) electrons. The number of nitrogens with zero attached hydrogens (tertiary/aromatic N) is 3. The fraction of sp³-hybridized carbons (Fsp3) is 0.619. The van der Waals surface area contributed by atoms with Gasteiger partial charge in [0.25, 0.3) is 0 Å². The first-order chi connectivity index (χ1) is 14.0. The molecule has 1 aromatic carbocycles. The van der Waals surface area contributed by atoms with E-state index in [0.29, 0.717) is 19.6 Å². The Bertz CT molecular complexity index is 675. The normalized spacial score (nSPS) is 15.0. The van der Waals surface area contributed by atoms with Crippen LogP contribution < -0.4 is 14.8 Å². The minimum Gasteiger partial charge on any atom is -0.493 e. The fourth-order valence-electron chi connectivity index (χ4n) is 3.44. The van der Waals surface area contributed by atoms with Crippen LogP contribution in [0.1, 0.15) is 19.4 Å². The molecule has 1 heterocycles. The van der Waals surface area contributed by atoms with Crippen molar-refractivity contribution in [2.45, 2.75) is 20.4 Å². The molecule has 1 fully saturated rings. The Morgan fingerprint density at radius 1 is 1.03 bits per heavy atom. The van der Waals surface area contributed by atoms with Crippen LogP contribution in [-0.2, 0) is 16.1 Å². The molecule has 2 amide bonds. The molecule has 0 aromatic heterocycles. The monoisotopic (exact) mass is 406 g/mol. The molecule has 1 aromatic rings. The number of amides is 2. The first-order valence-electron chi connectivity index (χ1n) is 10.2. The van der Waals surface area contributed by atoms with Crippen LogP contribution >= 0.6 is 0 Å². The van der Waals surface area contributed by atoms with E-state index in [0.717, 1.165) is 44.2 Å². The lowest BCUT2D eigenvalue weighted by Crippen LogP contribution is -2.50. The third-order valence-electron chi connectivity index (χ3n) is 5.12. The van der Waals surface area contributed by atoms with E-state index in [1.165, 1.54) is 5.56 Å². The number of carbonyl (C=O) groups excluding carboxylic acids is 2. The summed E-state index contributed by atoms with van der Waals surface area (Å²) in [7, 11) is 3.27. The Kier molecular flexibility index (Phi) is 9.21. The molecule has 0 atom stereocenters. The van der Waals surface area contributed by atoms with E-state index in [1.54, 1.807) is 19.1 Å². The molecule has 0 unspecified atom stereocenters. The number of likely N-dealkylation sites (N-methyl/N-ethyl adjacent to an activating group) is 2. The van der Waals surface area contributed by atoms with Gasteiger partial charge in [-0.05, 0) is 31.5 Å². The molecule has 0 bridgehead atoms. The summed E-state index contributed by atoms with van der Waals surface area (Å²) in [6.07, 6.45) is 0. The minimum absolute atomic E-state index is 0.00657. The Labute approximate surface area is 173 Å². The lowest BCUT2D eigenvalue weighted by molar-refractivity contribution is -0.137. The molecule has 1 aliphatic rings. The van der Waals surface area contributed by atoms with E-state index in [2.05, 4.69) is 21.2 Å². The summed E-state index contributed by atoms with van der Waals surface area (Å²) in [6.45, 7) is 9.65. The predicted octanol–water partition coefficient (Wildman–Crippen LogP) is 0.806. The van der Waals surface area contributed by atoms with Gasteiger partial charge in [0.05, 0.1) is 27.3 Å². The lowest BCUT2D eigenvalue weighted by atomic mass is 10.1. The number of ether oxygens (including phenoxy) is 2. The van der Waals surface area contributed by atoms with Crippen molar-refractivity contribution in [1.82, 2.24) is 20.0 Å². The van der Waals surface area contributed by atoms with Crippen molar-refractivity contribution in [2.75, 3.05) is 66.6 Å². The molecule has 29 heavy (non-hydrogen) atoms. The second-order valence-corrected chi connectivity index (χ2v) is 7.10. The average molecular weight is 407 g/mol. The molecular formula is C21H34N4O4. The van der Waals surface area contributed by atoms with Crippen LogP contribution in [0, 0.1) is 0 Å². The fourth-order valence-corrected chi connectivity index (χ4v) is 3.44. The minimum atomic E-state index is -0.109. The molecule has 1 saturated heterocycles. The lowest BCUT2D eigenvalue weighted by Gasteiger charge is -2.35. The van der Waals surface area contributed by atoms with E-state index in [4.69, 9.17) is 9.47 Å². The van der Waals surface area contributed by atoms with E-state index >= 15 is 0 Å². The summed E-state index contributed by atoms with van der Waals surface area (Å²) in [6, 6.07) is 5.99. The summed E-state index contributed by atoms with van der Waals surface area (Å²) in [5, 5.41) is 2.74. The van der Waals surface area contributed by atoms with Crippen LogP contribution in [0.3, 0.4) is 0 Å². The van der Waals surface area contributed by atoms with E-state index < -0.39 is 0 Å². The van der Waals surface area contributed by atoms with Crippen LogP contribution in [0.2, 0.25) is 0 Å². The van der Waals surface area contributed by atoms with Crippen LogP contribution in [-0.4, -0.2) is 93.1 Å². The van der Waals surface area contributed by atoms with Gasteiger partial charge in [-0.2, -0.15) is 0 Å². The average Bonchev–Trinajstić information content (AvgIpc) is 2.73. The van der Waals surface area contributed by atoms with E-state index in [-0.39, 0.29) is 18.4 Å². The van der Waals surface area contributed by atoms with Crippen LogP contribution in [0.5, 0.6) is 11.5 Å². The molecule has 8 heteroatoms. The Hall–Kier alpha value is -2.32. The van der Waals surface area contributed by atoms with Gasteiger partial charge in [-0.3, -0.25) is 19.4 Å². The van der Waals surface area contributed by atoms with Gasteiger partial charge in [-0.1, -0.05) is 6.07 Å². The van der Waals surface area contributed by atoms with E-state index in [9.17, 15) is 9.59 Å². The van der Waals surface area contributed by atoms with Crippen molar-refractivity contribution in [3.63, 3.8) is 0 Å². The number of hydrogen-bond acceptors (Lipinski definition) is 6. The quantitative estimate of drug-likeness (QED) is 0.620. The summed E-state index contributed by atoms with van der Waals surface area (Å²) in [5.74, 6) is 1.36. The first kappa shape index (κ1) is 23.0. The summed E-state index contributed by atoms with van der Waals surface area (Å²) >= 11 is 0. The second kappa shape index (κ2) is 11.6. The van der Waals surface area contributed by atoms with Crippen LogP contribution in [0.15, 0.2) is 18.2 Å². The van der Waals surface area contributed by atoms with Gasteiger partial charge < -0.3 is 19.7 Å². The zero-order valence-corrected chi connectivity index (χ0v) is 18.1.